The molecule has 0 amide bonds. The van der Waals surface area contributed by atoms with E-state index in [0.717, 1.165) is 18.2 Å². The van der Waals surface area contributed by atoms with Gasteiger partial charge in [-0.15, -0.1) is 0 Å². The van der Waals surface area contributed by atoms with Crippen LogP contribution in [0.1, 0.15) is 15.9 Å². The van der Waals surface area contributed by atoms with Crippen LogP contribution in [0, 0.1) is 5.82 Å². The quantitative estimate of drug-likeness (QED) is 0.581. The van der Waals surface area contributed by atoms with Crippen molar-refractivity contribution in [3.05, 3.63) is 58.4 Å². The van der Waals surface area contributed by atoms with Crippen molar-refractivity contribution < 1.29 is 27.1 Å². The van der Waals surface area contributed by atoms with Gasteiger partial charge in [0.25, 0.3) is 0 Å². The van der Waals surface area contributed by atoms with E-state index in [9.17, 15) is 22.4 Å². The number of hydrogen-bond donors (Lipinski definition) is 0. The second-order valence-corrected chi connectivity index (χ2v) is 4.43. The smallest absolute Gasteiger partial charge is 0.420 e. The molecule has 2 aromatic carbocycles. The van der Waals surface area contributed by atoms with Crippen molar-refractivity contribution >= 4 is 17.9 Å². The van der Waals surface area contributed by atoms with Gasteiger partial charge in [-0.25, -0.2) is 4.39 Å². The average Bonchev–Trinajstić information content (AvgIpc) is 2.43. The Balaban J connectivity index is 2.49. The van der Waals surface area contributed by atoms with E-state index in [0.29, 0.717) is 6.07 Å². The molecule has 0 radical (unpaired) electrons. The molecule has 0 N–H and O–H groups in total. The average molecular weight is 319 g/mol. The number of benzene rings is 2. The van der Waals surface area contributed by atoms with E-state index in [1.54, 1.807) is 0 Å². The fraction of sp³-hybridized carbons (Fsp3) is 0.0714. The summed E-state index contributed by atoms with van der Waals surface area (Å²) < 4.78 is 57.4. The molecule has 0 atom stereocenters. The Hall–Kier alpha value is -2.08. The summed E-state index contributed by atoms with van der Waals surface area (Å²) in [6.45, 7) is 0. The van der Waals surface area contributed by atoms with Crippen LogP contribution in [0.2, 0.25) is 5.02 Å². The third kappa shape index (κ3) is 3.33. The Kier molecular flexibility index (Phi) is 4.18. The first kappa shape index (κ1) is 15.3. The fourth-order valence-corrected chi connectivity index (χ4v) is 1.78. The molecule has 0 bridgehead atoms. The summed E-state index contributed by atoms with van der Waals surface area (Å²) in [4.78, 5) is 10.6. The van der Waals surface area contributed by atoms with Crippen molar-refractivity contribution in [3.63, 3.8) is 0 Å². The molecule has 0 aromatic heterocycles. The molecule has 0 fully saturated rings. The van der Waals surface area contributed by atoms with Crippen LogP contribution in [-0.4, -0.2) is 6.29 Å². The van der Waals surface area contributed by atoms with Gasteiger partial charge in [-0.1, -0.05) is 17.7 Å². The number of ether oxygens (including phenoxy) is 1. The van der Waals surface area contributed by atoms with Crippen LogP contribution in [0.4, 0.5) is 17.6 Å². The number of alkyl halides is 3. The van der Waals surface area contributed by atoms with Gasteiger partial charge in [-0.05, 0) is 30.3 Å². The maximum Gasteiger partial charge on any atom is 0.420 e. The highest BCUT2D eigenvalue weighted by atomic mass is 35.5. The van der Waals surface area contributed by atoms with Gasteiger partial charge >= 0.3 is 6.18 Å². The summed E-state index contributed by atoms with van der Waals surface area (Å²) in [6.07, 6.45) is -4.47. The van der Waals surface area contributed by atoms with Crippen LogP contribution >= 0.6 is 11.6 Å². The Morgan fingerprint density at radius 1 is 1.10 bits per heavy atom. The maximum atomic E-state index is 13.7. The Morgan fingerprint density at radius 2 is 1.81 bits per heavy atom. The Morgan fingerprint density at radius 3 is 2.43 bits per heavy atom. The fourth-order valence-electron chi connectivity index (χ4n) is 1.61. The van der Waals surface area contributed by atoms with E-state index in [-0.39, 0.29) is 16.9 Å². The third-order valence-electron chi connectivity index (χ3n) is 2.58. The molecular formula is C14H7ClF4O2. The first-order valence-electron chi connectivity index (χ1n) is 5.61. The van der Waals surface area contributed by atoms with Crippen LogP contribution in [0.3, 0.4) is 0 Å². The molecule has 110 valence electrons. The van der Waals surface area contributed by atoms with Crippen molar-refractivity contribution in [2.75, 3.05) is 0 Å². The van der Waals surface area contributed by atoms with Gasteiger partial charge in [-0.3, -0.25) is 4.79 Å². The number of halogens is 5. The van der Waals surface area contributed by atoms with Crippen molar-refractivity contribution in [2.45, 2.75) is 6.18 Å². The second kappa shape index (κ2) is 5.73. The van der Waals surface area contributed by atoms with Crippen LogP contribution in [0.25, 0.3) is 0 Å². The van der Waals surface area contributed by atoms with Crippen molar-refractivity contribution in [3.8, 4) is 11.5 Å². The lowest BCUT2D eigenvalue weighted by atomic mass is 10.1. The highest BCUT2D eigenvalue weighted by Gasteiger charge is 2.35. The summed E-state index contributed by atoms with van der Waals surface area (Å²) in [5.41, 5.74) is -1.34. The van der Waals surface area contributed by atoms with Gasteiger partial charge in [0.1, 0.15) is 12.0 Å². The zero-order valence-electron chi connectivity index (χ0n) is 10.2. The minimum atomic E-state index is -4.75. The molecule has 0 heterocycles. The number of aldehydes is 1. The van der Waals surface area contributed by atoms with Gasteiger partial charge in [0.05, 0.1) is 10.6 Å². The zero-order valence-corrected chi connectivity index (χ0v) is 11.0. The molecule has 0 aliphatic heterocycles. The van der Waals surface area contributed by atoms with E-state index >= 15 is 0 Å². The van der Waals surface area contributed by atoms with E-state index in [2.05, 4.69) is 0 Å². The molecule has 0 saturated carbocycles. The van der Waals surface area contributed by atoms with Crippen molar-refractivity contribution in [1.29, 1.82) is 0 Å². The van der Waals surface area contributed by atoms with E-state index < -0.39 is 29.1 Å². The summed E-state index contributed by atoms with van der Waals surface area (Å²) in [6, 6.07) is 6.45. The molecule has 21 heavy (non-hydrogen) atoms. The molecule has 2 rings (SSSR count). The molecule has 0 aliphatic carbocycles. The lowest BCUT2D eigenvalue weighted by molar-refractivity contribution is -0.138. The molecule has 0 aliphatic rings. The molecule has 0 spiro atoms. The third-order valence-corrected chi connectivity index (χ3v) is 2.87. The van der Waals surface area contributed by atoms with Gasteiger partial charge < -0.3 is 4.74 Å². The summed E-state index contributed by atoms with van der Waals surface area (Å²) in [5, 5.41) is -0.273. The highest BCUT2D eigenvalue weighted by molar-refractivity contribution is 6.30. The summed E-state index contributed by atoms with van der Waals surface area (Å²) in [7, 11) is 0. The van der Waals surface area contributed by atoms with Gasteiger partial charge in [-0.2, -0.15) is 13.2 Å². The van der Waals surface area contributed by atoms with Crippen LogP contribution < -0.4 is 4.74 Å². The standard InChI is InChI=1S/C14H7ClF4O2/c15-10-2-1-3-12(13(10)16)21-11-5-4-8(7-20)6-9(11)14(17,18)19/h1-7H. The van der Waals surface area contributed by atoms with Gasteiger partial charge in [0, 0.05) is 5.56 Å². The molecule has 7 heteroatoms. The lowest BCUT2D eigenvalue weighted by Gasteiger charge is -2.14. The number of carbonyl (C=O) groups excluding carboxylic acids is 1. The first-order chi connectivity index (χ1) is 9.82. The molecular weight excluding hydrogens is 312 g/mol. The highest BCUT2D eigenvalue weighted by Crippen LogP contribution is 2.39. The number of hydrogen-bond acceptors (Lipinski definition) is 2. The predicted octanol–water partition coefficient (Wildman–Crippen LogP) is 5.10. The maximum absolute atomic E-state index is 13.7. The monoisotopic (exact) mass is 318 g/mol. The van der Waals surface area contributed by atoms with Crippen LogP contribution in [0.5, 0.6) is 11.5 Å². The predicted molar refractivity (Wildman–Crippen MR) is 68.3 cm³/mol. The minimum absolute atomic E-state index is 0.166. The SMILES string of the molecule is O=Cc1ccc(Oc2cccc(Cl)c2F)c(C(F)(F)F)c1. The molecule has 0 saturated heterocycles. The number of carbonyl (C=O) groups is 1. The van der Waals surface area contributed by atoms with Crippen molar-refractivity contribution in [2.24, 2.45) is 0 Å². The molecule has 2 nitrogen and oxygen atoms in total. The molecule has 2 aromatic rings. The van der Waals surface area contributed by atoms with Crippen molar-refractivity contribution in [1.82, 2.24) is 0 Å². The van der Waals surface area contributed by atoms with Gasteiger partial charge in [0.2, 0.25) is 0 Å². The normalized spacial score (nSPS) is 11.3. The van der Waals surface area contributed by atoms with E-state index in [1.807, 2.05) is 0 Å². The molecule has 0 unspecified atom stereocenters. The minimum Gasteiger partial charge on any atom is -0.454 e. The van der Waals surface area contributed by atoms with E-state index in [1.165, 1.54) is 12.1 Å². The topological polar surface area (TPSA) is 26.3 Å². The summed E-state index contributed by atoms with van der Waals surface area (Å²) >= 11 is 5.53. The lowest BCUT2D eigenvalue weighted by Crippen LogP contribution is -2.08. The Labute approximate surface area is 121 Å². The summed E-state index contributed by atoms with van der Waals surface area (Å²) in [5.74, 6) is -2.02. The van der Waals surface area contributed by atoms with Gasteiger partial charge in [0.15, 0.2) is 11.6 Å². The second-order valence-electron chi connectivity index (χ2n) is 4.03. The zero-order chi connectivity index (χ0) is 15.6. The largest absolute Gasteiger partial charge is 0.454 e. The number of rotatable bonds is 3. The first-order valence-corrected chi connectivity index (χ1v) is 5.99. The van der Waals surface area contributed by atoms with Crippen LogP contribution in [0.15, 0.2) is 36.4 Å². The van der Waals surface area contributed by atoms with E-state index in [4.69, 9.17) is 16.3 Å². The van der Waals surface area contributed by atoms with Crippen LogP contribution in [-0.2, 0) is 6.18 Å². The Bertz CT molecular complexity index is 683.